The number of aromatic amines is 1. The number of hydrogen-bond donors (Lipinski definition) is 1. The monoisotopic (exact) mass is 714 g/mol. The van der Waals surface area contributed by atoms with Crippen LogP contribution in [0.1, 0.15) is 22.3 Å². The van der Waals surface area contributed by atoms with Gasteiger partial charge in [0, 0.05) is 54.6 Å². The average Bonchev–Trinajstić information content (AvgIpc) is 3.80. The van der Waals surface area contributed by atoms with Crippen LogP contribution in [-0.4, -0.2) is 19.5 Å². The fourth-order valence-corrected chi connectivity index (χ4v) is 10.1. The maximum atomic E-state index is 5.09. The maximum absolute atomic E-state index is 5.09. The molecule has 0 spiro atoms. The molecule has 0 fully saturated rings. The quantitative estimate of drug-likeness (QED) is 0.198. The minimum absolute atomic E-state index is 1.01. The van der Waals surface area contributed by atoms with Gasteiger partial charge in [-0.1, -0.05) is 78.9 Å². The zero-order valence-electron chi connectivity index (χ0n) is 30.6. The number of benzene rings is 7. The molecule has 0 unspecified atom stereocenters. The van der Waals surface area contributed by atoms with E-state index in [4.69, 9.17) is 9.97 Å². The minimum Gasteiger partial charge on any atom is -0.354 e. The van der Waals surface area contributed by atoms with Crippen molar-refractivity contribution in [1.82, 2.24) is 19.5 Å². The van der Waals surface area contributed by atoms with Crippen LogP contribution >= 0.6 is 0 Å². The number of para-hydroxylation sites is 3. The standard InChI is InChI=1S/C52H34N4/c1-2-10-36(11-3-1)56-48-25-19-33(46-23-17-31-9-5-7-13-44(31)54-46)27-40(48)42-29-35-14-20-37-49-34(15-21-38(50(35)49)52(42)56)28-41-39-26-32(18-24-47(39)55-51(37)41)45-22-16-30-8-4-6-12-43(30)53-45/h1-13,16-19,22-29,55H,14-15,20-21H2. The Morgan fingerprint density at radius 2 is 1.07 bits per heavy atom. The van der Waals surface area contributed by atoms with Crippen LogP contribution in [0.5, 0.6) is 0 Å². The number of H-pyrrole nitrogens is 1. The van der Waals surface area contributed by atoms with Crippen LogP contribution in [0.15, 0.2) is 152 Å². The normalized spacial score (nSPS) is 13.4. The highest BCUT2D eigenvalue weighted by Crippen LogP contribution is 2.50. The van der Waals surface area contributed by atoms with Gasteiger partial charge in [0.05, 0.1) is 39.0 Å². The molecule has 0 saturated heterocycles. The molecule has 11 aromatic rings. The lowest BCUT2D eigenvalue weighted by molar-refractivity contribution is 0.885. The van der Waals surface area contributed by atoms with Gasteiger partial charge < -0.3 is 9.55 Å². The predicted octanol–water partition coefficient (Wildman–Crippen LogP) is 12.7. The van der Waals surface area contributed by atoms with Crippen molar-refractivity contribution in [2.45, 2.75) is 25.7 Å². The van der Waals surface area contributed by atoms with E-state index in [1.54, 1.807) is 0 Å². The molecular formula is C52H34N4. The third kappa shape index (κ3) is 4.24. The summed E-state index contributed by atoms with van der Waals surface area (Å²) in [6.45, 7) is 0. The Morgan fingerprint density at radius 3 is 1.80 bits per heavy atom. The Bertz CT molecular complexity index is 3480. The highest BCUT2D eigenvalue weighted by molar-refractivity contribution is 6.16. The topological polar surface area (TPSA) is 46.5 Å². The van der Waals surface area contributed by atoms with Gasteiger partial charge in [-0.05, 0) is 132 Å². The molecule has 4 nitrogen and oxygen atoms in total. The van der Waals surface area contributed by atoms with Crippen LogP contribution in [0.3, 0.4) is 0 Å². The molecule has 0 amide bonds. The molecular weight excluding hydrogens is 681 g/mol. The summed E-state index contributed by atoms with van der Waals surface area (Å²) in [6.07, 6.45) is 4.07. The zero-order valence-corrected chi connectivity index (χ0v) is 30.6. The maximum Gasteiger partial charge on any atom is 0.0709 e. The summed E-state index contributed by atoms with van der Waals surface area (Å²) in [5.74, 6) is 0. The van der Waals surface area contributed by atoms with E-state index in [9.17, 15) is 0 Å². The fraction of sp³-hybridized carbons (Fsp3) is 0.0769. The largest absolute Gasteiger partial charge is 0.354 e. The first-order chi connectivity index (χ1) is 27.7. The Morgan fingerprint density at radius 1 is 0.464 bits per heavy atom. The summed E-state index contributed by atoms with van der Waals surface area (Å²) in [5, 5.41) is 7.57. The first-order valence-corrected chi connectivity index (χ1v) is 19.7. The molecule has 0 atom stereocenters. The number of fused-ring (bicyclic) bond motifs is 10. The Hall–Kier alpha value is -7.04. The summed E-state index contributed by atoms with van der Waals surface area (Å²) < 4.78 is 2.53. The Kier molecular flexibility index (Phi) is 6.09. The van der Waals surface area contributed by atoms with Gasteiger partial charge in [0.15, 0.2) is 0 Å². The molecule has 13 rings (SSSR count). The molecule has 0 saturated carbocycles. The SMILES string of the molecule is c1ccc(-n2c3ccc(-c4ccc5ccccc5n4)cc3c3cc4c5c(c32)CCc2cc3c([nH]c6ccc(-c7ccc8ccccc8n7)cc63)c(c2-5)CC4)cc1. The second-order valence-corrected chi connectivity index (χ2v) is 15.7. The van der Waals surface area contributed by atoms with Gasteiger partial charge in [-0.25, -0.2) is 9.97 Å². The van der Waals surface area contributed by atoms with Crippen molar-refractivity contribution < 1.29 is 0 Å². The van der Waals surface area contributed by atoms with E-state index >= 15 is 0 Å². The van der Waals surface area contributed by atoms with Gasteiger partial charge in [0.2, 0.25) is 0 Å². The van der Waals surface area contributed by atoms with E-state index in [1.165, 1.54) is 88.1 Å². The molecule has 56 heavy (non-hydrogen) atoms. The number of pyridine rings is 2. The fourth-order valence-electron chi connectivity index (χ4n) is 10.1. The molecule has 7 aromatic carbocycles. The number of hydrogen-bond acceptors (Lipinski definition) is 2. The molecule has 0 bridgehead atoms. The van der Waals surface area contributed by atoms with Crippen LogP contribution in [0.2, 0.25) is 0 Å². The highest BCUT2D eigenvalue weighted by atomic mass is 15.0. The van der Waals surface area contributed by atoms with Crippen molar-refractivity contribution in [1.29, 1.82) is 0 Å². The highest BCUT2D eigenvalue weighted by Gasteiger charge is 2.32. The van der Waals surface area contributed by atoms with Crippen LogP contribution in [0.25, 0.3) is 105 Å². The summed E-state index contributed by atoms with van der Waals surface area (Å²) >= 11 is 0. The van der Waals surface area contributed by atoms with Crippen LogP contribution in [-0.2, 0) is 25.7 Å². The predicted molar refractivity (Wildman–Crippen MR) is 232 cm³/mol. The lowest BCUT2D eigenvalue weighted by Crippen LogP contribution is -2.15. The molecule has 0 radical (unpaired) electrons. The first kappa shape index (κ1) is 30.3. The molecule has 262 valence electrons. The van der Waals surface area contributed by atoms with Gasteiger partial charge in [0.1, 0.15) is 0 Å². The smallest absolute Gasteiger partial charge is 0.0709 e. The Balaban J connectivity index is 1.03. The van der Waals surface area contributed by atoms with Crippen molar-refractivity contribution in [2.75, 3.05) is 0 Å². The lowest BCUT2D eigenvalue weighted by Gasteiger charge is -2.31. The summed E-state index contributed by atoms with van der Waals surface area (Å²) in [7, 11) is 0. The van der Waals surface area contributed by atoms with E-state index in [1.807, 2.05) is 0 Å². The van der Waals surface area contributed by atoms with Gasteiger partial charge >= 0.3 is 0 Å². The summed E-state index contributed by atoms with van der Waals surface area (Å²) in [4.78, 5) is 14.0. The number of nitrogens with zero attached hydrogens (tertiary/aromatic N) is 3. The van der Waals surface area contributed by atoms with Crippen molar-refractivity contribution in [2.24, 2.45) is 0 Å². The molecule has 4 heterocycles. The zero-order chi connectivity index (χ0) is 36.5. The first-order valence-electron chi connectivity index (χ1n) is 19.7. The van der Waals surface area contributed by atoms with E-state index < -0.39 is 0 Å². The second kappa shape index (κ2) is 11.2. The summed E-state index contributed by atoms with van der Waals surface area (Å²) in [5.41, 5.74) is 21.5. The van der Waals surface area contributed by atoms with Crippen LogP contribution in [0, 0.1) is 0 Å². The number of nitrogens with one attached hydrogen (secondary N) is 1. The molecule has 2 aliphatic rings. The van der Waals surface area contributed by atoms with Gasteiger partial charge in [-0.2, -0.15) is 0 Å². The molecule has 0 aliphatic heterocycles. The molecule has 1 N–H and O–H groups in total. The number of aryl methyl sites for hydroxylation is 4. The third-order valence-corrected chi connectivity index (χ3v) is 12.7. The van der Waals surface area contributed by atoms with Gasteiger partial charge in [0.25, 0.3) is 0 Å². The van der Waals surface area contributed by atoms with E-state index in [0.29, 0.717) is 0 Å². The van der Waals surface area contributed by atoms with Crippen molar-refractivity contribution in [3.63, 3.8) is 0 Å². The number of rotatable bonds is 3. The number of aromatic nitrogens is 4. The van der Waals surface area contributed by atoms with Gasteiger partial charge in [-0.3, -0.25) is 0 Å². The average molecular weight is 715 g/mol. The molecule has 4 aromatic heterocycles. The van der Waals surface area contributed by atoms with E-state index in [-0.39, 0.29) is 0 Å². The lowest BCUT2D eigenvalue weighted by atomic mass is 9.74. The molecule has 2 aliphatic carbocycles. The van der Waals surface area contributed by atoms with Gasteiger partial charge in [-0.15, -0.1) is 0 Å². The summed E-state index contributed by atoms with van der Waals surface area (Å²) in [6, 6.07) is 55.2. The molecule has 4 heteroatoms. The van der Waals surface area contributed by atoms with E-state index in [2.05, 4.69) is 161 Å². The minimum atomic E-state index is 1.01. The third-order valence-electron chi connectivity index (χ3n) is 12.7. The van der Waals surface area contributed by atoms with Crippen LogP contribution in [0.4, 0.5) is 0 Å². The van der Waals surface area contributed by atoms with Crippen molar-refractivity contribution in [3.8, 4) is 39.3 Å². The van der Waals surface area contributed by atoms with Crippen molar-refractivity contribution >= 4 is 65.4 Å². The van der Waals surface area contributed by atoms with Crippen molar-refractivity contribution in [3.05, 3.63) is 174 Å². The van der Waals surface area contributed by atoms with Crippen LogP contribution < -0.4 is 0 Å². The second-order valence-electron chi connectivity index (χ2n) is 15.7. The van der Waals surface area contributed by atoms with E-state index in [0.717, 1.165) is 64.6 Å². The Labute approximate surface area is 322 Å².